The Morgan fingerprint density at radius 1 is 1.27 bits per heavy atom. The minimum absolute atomic E-state index is 0.363. The number of benzene rings is 1. The lowest BCUT2D eigenvalue weighted by Gasteiger charge is -2.39. The average Bonchev–Trinajstić information content (AvgIpc) is 2.62. The number of thiocarbonyl (C=S) groups is 1. The van der Waals surface area contributed by atoms with Crippen molar-refractivity contribution >= 4 is 46.2 Å². The monoisotopic (exact) mass is 356 g/mol. The normalized spacial score (nSPS) is 29.5. The standard InChI is InChI=1S/C17H22Cl2N2S/c1-16(2)7-12-8-17(3,9-16)10-21(12)15(22)20-14-5-4-11(18)6-13(14)19/h4-6,12H,7-10H2,1-3H3,(H,20,22)/t12-,17+/m0/s1. The zero-order valence-corrected chi connectivity index (χ0v) is 15.6. The van der Waals surface area contributed by atoms with E-state index in [-0.39, 0.29) is 0 Å². The van der Waals surface area contributed by atoms with E-state index in [2.05, 4.69) is 31.0 Å². The van der Waals surface area contributed by atoms with E-state index in [1.807, 2.05) is 12.1 Å². The first-order valence-electron chi connectivity index (χ1n) is 7.70. The van der Waals surface area contributed by atoms with Crippen LogP contribution in [0.1, 0.15) is 40.0 Å². The molecule has 0 aromatic heterocycles. The van der Waals surface area contributed by atoms with Crippen LogP contribution in [0.3, 0.4) is 0 Å². The number of likely N-dealkylation sites (tertiary alicyclic amines) is 1. The summed E-state index contributed by atoms with van der Waals surface area (Å²) < 4.78 is 0. The van der Waals surface area contributed by atoms with Gasteiger partial charge in [0.2, 0.25) is 0 Å². The van der Waals surface area contributed by atoms with Crippen molar-refractivity contribution in [2.75, 3.05) is 11.9 Å². The summed E-state index contributed by atoms with van der Waals surface area (Å²) in [5, 5.41) is 5.31. The lowest BCUT2D eigenvalue weighted by molar-refractivity contribution is 0.132. The van der Waals surface area contributed by atoms with Crippen molar-refractivity contribution < 1.29 is 0 Å². The predicted molar refractivity (Wildman–Crippen MR) is 98.9 cm³/mol. The second-order valence-corrected chi connectivity index (χ2v) is 9.13. The van der Waals surface area contributed by atoms with Gasteiger partial charge in [-0.3, -0.25) is 0 Å². The van der Waals surface area contributed by atoms with E-state index in [1.54, 1.807) is 6.07 Å². The molecule has 0 amide bonds. The number of rotatable bonds is 1. The second-order valence-electron chi connectivity index (χ2n) is 7.90. The zero-order valence-electron chi connectivity index (χ0n) is 13.2. The van der Waals surface area contributed by atoms with Gasteiger partial charge in [-0.1, -0.05) is 44.0 Å². The Hall–Kier alpha value is -0.510. The predicted octanol–water partition coefficient (Wildman–Crippen LogP) is 5.59. The van der Waals surface area contributed by atoms with Crippen LogP contribution < -0.4 is 5.32 Å². The van der Waals surface area contributed by atoms with E-state index in [9.17, 15) is 0 Å². The Balaban J connectivity index is 1.76. The maximum absolute atomic E-state index is 6.24. The second kappa shape index (κ2) is 5.54. The van der Waals surface area contributed by atoms with Crippen molar-refractivity contribution in [1.82, 2.24) is 4.90 Å². The number of fused-ring (bicyclic) bond motifs is 2. The third-order valence-corrected chi connectivity index (χ3v) is 5.73. The molecule has 1 aliphatic heterocycles. The van der Waals surface area contributed by atoms with Gasteiger partial charge in [-0.2, -0.15) is 0 Å². The molecule has 120 valence electrons. The summed E-state index contributed by atoms with van der Waals surface area (Å²) in [4.78, 5) is 2.36. The van der Waals surface area contributed by atoms with Gasteiger partial charge < -0.3 is 10.2 Å². The van der Waals surface area contributed by atoms with Crippen LogP contribution in [-0.2, 0) is 0 Å². The van der Waals surface area contributed by atoms with Crippen molar-refractivity contribution in [3.05, 3.63) is 28.2 Å². The van der Waals surface area contributed by atoms with Gasteiger partial charge in [0.1, 0.15) is 0 Å². The molecule has 22 heavy (non-hydrogen) atoms. The van der Waals surface area contributed by atoms with Gasteiger partial charge in [0.25, 0.3) is 0 Å². The first-order valence-corrected chi connectivity index (χ1v) is 8.87. The van der Waals surface area contributed by atoms with Gasteiger partial charge in [0, 0.05) is 17.6 Å². The highest BCUT2D eigenvalue weighted by molar-refractivity contribution is 7.80. The van der Waals surface area contributed by atoms with Gasteiger partial charge in [0.05, 0.1) is 10.7 Å². The minimum atomic E-state index is 0.363. The first kappa shape index (κ1) is 16.4. The first-order chi connectivity index (χ1) is 10.2. The molecular formula is C17H22Cl2N2S. The zero-order chi connectivity index (χ0) is 16.1. The largest absolute Gasteiger partial charge is 0.345 e. The number of halogens is 2. The fourth-order valence-electron chi connectivity index (χ4n) is 4.48. The van der Waals surface area contributed by atoms with E-state index in [4.69, 9.17) is 35.4 Å². The summed E-state index contributed by atoms with van der Waals surface area (Å²) in [6.45, 7) is 8.15. The topological polar surface area (TPSA) is 15.3 Å². The van der Waals surface area contributed by atoms with Crippen LogP contribution >= 0.6 is 35.4 Å². The molecule has 2 fully saturated rings. The van der Waals surface area contributed by atoms with Crippen LogP contribution in [0, 0.1) is 10.8 Å². The summed E-state index contributed by atoms with van der Waals surface area (Å²) in [5.74, 6) is 0. The highest BCUT2D eigenvalue weighted by atomic mass is 35.5. The van der Waals surface area contributed by atoms with E-state index in [0.29, 0.717) is 26.9 Å². The maximum atomic E-state index is 6.24. The minimum Gasteiger partial charge on any atom is -0.345 e. The van der Waals surface area contributed by atoms with Crippen LogP contribution in [-0.4, -0.2) is 22.6 Å². The van der Waals surface area contributed by atoms with Crippen LogP contribution in [0.4, 0.5) is 5.69 Å². The van der Waals surface area contributed by atoms with Crippen molar-refractivity contribution in [1.29, 1.82) is 0 Å². The number of nitrogens with zero attached hydrogens (tertiary/aromatic N) is 1. The molecule has 2 nitrogen and oxygen atoms in total. The Morgan fingerprint density at radius 3 is 2.68 bits per heavy atom. The van der Waals surface area contributed by atoms with Crippen molar-refractivity contribution in [3.8, 4) is 0 Å². The summed E-state index contributed by atoms with van der Waals surface area (Å²) in [7, 11) is 0. The van der Waals surface area contributed by atoms with E-state index in [0.717, 1.165) is 17.3 Å². The molecule has 1 saturated heterocycles. The molecular weight excluding hydrogens is 335 g/mol. The number of hydrogen-bond acceptors (Lipinski definition) is 1. The molecule has 1 aromatic carbocycles. The molecule has 2 bridgehead atoms. The molecule has 0 radical (unpaired) electrons. The Bertz CT molecular complexity index is 617. The molecule has 1 aromatic rings. The highest BCUT2D eigenvalue weighted by Crippen LogP contribution is 2.52. The van der Waals surface area contributed by atoms with Gasteiger partial charge >= 0.3 is 0 Å². The maximum Gasteiger partial charge on any atom is 0.173 e. The Morgan fingerprint density at radius 2 is 2.00 bits per heavy atom. The van der Waals surface area contributed by atoms with E-state index in [1.165, 1.54) is 19.3 Å². The van der Waals surface area contributed by atoms with Crippen molar-refractivity contribution in [3.63, 3.8) is 0 Å². The van der Waals surface area contributed by atoms with Crippen LogP contribution in [0.2, 0.25) is 10.0 Å². The molecule has 1 heterocycles. The molecule has 0 unspecified atom stereocenters. The molecule has 3 rings (SSSR count). The van der Waals surface area contributed by atoms with Crippen molar-refractivity contribution in [2.24, 2.45) is 10.8 Å². The van der Waals surface area contributed by atoms with Gasteiger partial charge in [0.15, 0.2) is 5.11 Å². The van der Waals surface area contributed by atoms with Gasteiger partial charge in [-0.05, 0) is 60.5 Å². The molecule has 1 aliphatic carbocycles. The van der Waals surface area contributed by atoms with Crippen LogP contribution in [0.25, 0.3) is 0 Å². The third kappa shape index (κ3) is 3.22. The highest BCUT2D eigenvalue weighted by Gasteiger charge is 2.50. The molecule has 2 atom stereocenters. The Kier molecular flexibility index (Phi) is 4.12. The summed E-state index contributed by atoms with van der Waals surface area (Å²) >= 11 is 17.8. The van der Waals surface area contributed by atoms with Crippen LogP contribution in [0.15, 0.2) is 18.2 Å². The van der Waals surface area contributed by atoms with E-state index < -0.39 is 0 Å². The molecule has 5 heteroatoms. The lowest BCUT2D eigenvalue weighted by atomic mass is 9.65. The molecule has 2 aliphatic rings. The number of hydrogen-bond donors (Lipinski definition) is 1. The molecule has 0 spiro atoms. The SMILES string of the molecule is CC1(C)C[C@H]2C[C@@](C)(CN2C(=S)Nc2ccc(Cl)cc2Cl)C1. The number of nitrogens with one attached hydrogen (secondary N) is 1. The summed E-state index contributed by atoms with van der Waals surface area (Å²) in [5.41, 5.74) is 1.57. The fraction of sp³-hybridized carbons (Fsp3) is 0.588. The lowest BCUT2D eigenvalue weighted by Crippen LogP contribution is -2.40. The fourth-order valence-corrected chi connectivity index (χ4v) is 5.25. The molecule has 1 N–H and O–H groups in total. The Labute approximate surface area is 148 Å². The van der Waals surface area contributed by atoms with Crippen molar-refractivity contribution in [2.45, 2.75) is 46.1 Å². The summed E-state index contributed by atoms with van der Waals surface area (Å²) in [6, 6.07) is 5.97. The average molecular weight is 357 g/mol. The van der Waals surface area contributed by atoms with Crippen LogP contribution in [0.5, 0.6) is 0 Å². The van der Waals surface area contributed by atoms with E-state index >= 15 is 0 Å². The summed E-state index contributed by atoms with van der Waals surface area (Å²) in [6.07, 6.45) is 3.68. The third-order valence-electron chi connectivity index (χ3n) is 4.85. The molecule has 1 saturated carbocycles. The van der Waals surface area contributed by atoms with Gasteiger partial charge in [-0.25, -0.2) is 0 Å². The quantitative estimate of drug-likeness (QED) is 0.660. The smallest absolute Gasteiger partial charge is 0.173 e. The van der Waals surface area contributed by atoms with Gasteiger partial charge in [-0.15, -0.1) is 0 Å². The number of anilines is 1.